The first kappa shape index (κ1) is 16.4. The van der Waals surface area contributed by atoms with Crippen LogP contribution in [0, 0.1) is 0 Å². The van der Waals surface area contributed by atoms with Crippen LogP contribution in [-0.2, 0) is 4.79 Å². The van der Waals surface area contributed by atoms with E-state index in [9.17, 15) is 9.59 Å². The highest BCUT2D eigenvalue weighted by Gasteiger charge is 2.04. The molecule has 0 unspecified atom stereocenters. The van der Waals surface area contributed by atoms with E-state index in [1.165, 1.54) is 0 Å². The van der Waals surface area contributed by atoms with Crippen LogP contribution in [0.1, 0.15) is 10.4 Å². The second-order valence-corrected chi connectivity index (χ2v) is 4.79. The van der Waals surface area contributed by atoms with Gasteiger partial charge in [0, 0.05) is 24.0 Å². The Morgan fingerprint density at radius 1 is 0.957 bits per heavy atom. The van der Waals surface area contributed by atoms with Gasteiger partial charge in [0.1, 0.15) is 5.75 Å². The third-order valence-corrected chi connectivity index (χ3v) is 3.20. The van der Waals surface area contributed by atoms with Crippen molar-refractivity contribution in [3.8, 4) is 5.75 Å². The monoisotopic (exact) mass is 313 g/mol. The van der Waals surface area contributed by atoms with Gasteiger partial charge in [0.25, 0.3) is 5.91 Å². The Hall–Kier alpha value is -3.02. The number of carbonyl (C=O) groups is 2. The van der Waals surface area contributed by atoms with E-state index in [1.807, 2.05) is 0 Å². The molecule has 2 aromatic carbocycles. The normalized spacial score (nSPS) is 9.83. The van der Waals surface area contributed by atoms with Gasteiger partial charge < -0.3 is 20.7 Å². The van der Waals surface area contributed by atoms with Crippen molar-refractivity contribution < 1.29 is 14.3 Å². The number of hydrogen-bond donors (Lipinski definition) is 3. The maximum absolute atomic E-state index is 11.9. The predicted molar refractivity (Wildman–Crippen MR) is 89.9 cm³/mol. The van der Waals surface area contributed by atoms with Crippen molar-refractivity contribution in [2.45, 2.75) is 0 Å². The fourth-order valence-electron chi connectivity index (χ4n) is 1.95. The topological polar surface area (TPSA) is 79.5 Å². The summed E-state index contributed by atoms with van der Waals surface area (Å²) in [7, 11) is 3.17. The zero-order valence-electron chi connectivity index (χ0n) is 13.1. The van der Waals surface area contributed by atoms with Crippen LogP contribution in [0.5, 0.6) is 5.75 Å². The molecule has 0 saturated heterocycles. The Morgan fingerprint density at radius 3 is 2.13 bits per heavy atom. The summed E-state index contributed by atoms with van der Waals surface area (Å²) in [5, 5.41) is 8.34. The summed E-state index contributed by atoms with van der Waals surface area (Å²) in [5.41, 5.74) is 2.04. The van der Waals surface area contributed by atoms with E-state index in [4.69, 9.17) is 4.74 Å². The first-order valence-corrected chi connectivity index (χ1v) is 7.12. The summed E-state index contributed by atoms with van der Waals surface area (Å²) in [4.78, 5) is 23.3. The zero-order valence-corrected chi connectivity index (χ0v) is 13.1. The molecule has 0 fully saturated rings. The number of benzene rings is 2. The van der Waals surface area contributed by atoms with Crippen LogP contribution in [0.15, 0.2) is 48.5 Å². The minimum absolute atomic E-state index is 0.130. The van der Waals surface area contributed by atoms with E-state index < -0.39 is 0 Å². The highest BCUT2D eigenvalue weighted by molar-refractivity contribution is 5.95. The number of rotatable bonds is 6. The molecule has 0 bridgehead atoms. The van der Waals surface area contributed by atoms with Crippen LogP contribution in [0.25, 0.3) is 0 Å². The SMILES string of the molecule is CNC(=O)c1ccc(NCC(=O)Nc2ccc(OC)cc2)cc1. The average molecular weight is 313 g/mol. The van der Waals surface area contributed by atoms with Crippen LogP contribution in [0.3, 0.4) is 0 Å². The maximum atomic E-state index is 11.9. The second-order valence-electron chi connectivity index (χ2n) is 4.79. The van der Waals surface area contributed by atoms with Gasteiger partial charge in [-0.15, -0.1) is 0 Å². The van der Waals surface area contributed by atoms with Gasteiger partial charge in [-0.05, 0) is 48.5 Å². The Kier molecular flexibility index (Phi) is 5.57. The molecule has 2 amide bonds. The fraction of sp³-hybridized carbons (Fsp3) is 0.176. The smallest absolute Gasteiger partial charge is 0.251 e. The number of carbonyl (C=O) groups excluding carboxylic acids is 2. The van der Waals surface area contributed by atoms with Gasteiger partial charge >= 0.3 is 0 Å². The molecule has 0 saturated carbocycles. The highest BCUT2D eigenvalue weighted by Crippen LogP contribution is 2.15. The number of hydrogen-bond acceptors (Lipinski definition) is 4. The van der Waals surface area contributed by atoms with E-state index in [0.717, 1.165) is 11.4 Å². The molecule has 0 aromatic heterocycles. The maximum Gasteiger partial charge on any atom is 0.251 e. The van der Waals surface area contributed by atoms with Gasteiger partial charge in [0.05, 0.1) is 13.7 Å². The summed E-state index contributed by atoms with van der Waals surface area (Å²) < 4.78 is 5.06. The van der Waals surface area contributed by atoms with E-state index in [1.54, 1.807) is 62.7 Å². The summed E-state index contributed by atoms with van der Waals surface area (Å²) in [5.74, 6) is 0.427. The number of amides is 2. The zero-order chi connectivity index (χ0) is 16.7. The molecule has 0 heterocycles. The summed E-state index contributed by atoms with van der Waals surface area (Å²) in [6.07, 6.45) is 0. The average Bonchev–Trinajstić information content (AvgIpc) is 2.60. The Labute approximate surface area is 134 Å². The number of anilines is 2. The molecular weight excluding hydrogens is 294 g/mol. The molecule has 0 radical (unpaired) electrons. The lowest BCUT2D eigenvalue weighted by atomic mass is 10.2. The van der Waals surface area contributed by atoms with Crippen molar-refractivity contribution in [2.24, 2.45) is 0 Å². The van der Waals surface area contributed by atoms with Gasteiger partial charge in [0.2, 0.25) is 5.91 Å². The summed E-state index contributed by atoms with van der Waals surface area (Å²) in [6, 6.07) is 14.0. The lowest BCUT2D eigenvalue weighted by molar-refractivity contribution is -0.114. The first-order chi connectivity index (χ1) is 11.1. The quantitative estimate of drug-likeness (QED) is 0.763. The third-order valence-electron chi connectivity index (χ3n) is 3.20. The van der Waals surface area contributed by atoms with E-state index in [-0.39, 0.29) is 18.4 Å². The van der Waals surface area contributed by atoms with Gasteiger partial charge in [-0.25, -0.2) is 0 Å². The highest BCUT2D eigenvalue weighted by atomic mass is 16.5. The standard InChI is InChI=1S/C17H19N3O3/c1-18-17(22)12-3-5-13(6-4-12)19-11-16(21)20-14-7-9-15(23-2)10-8-14/h3-10,19H,11H2,1-2H3,(H,18,22)(H,20,21). The molecule has 0 atom stereocenters. The molecule has 0 aliphatic carbocycles. The van der Waals surface area contributed by atoms with Gasteiger partial charge in [-0.1, -0.05) is 0 Å². The van der Waals surface area contributed by atoms with Crippen LogP contribution < -0.4 is 20.7 Å². The molecule has 2 rings (SSSR count). The first-order valence-electron chi connectivity index (χ1n) is 7.12. The number of ether oxygens (including phenoxy) is 1. The molecule has 3 N–H and O–H groups in total. The Morgan fingerprint density at radius 2 is 1.57 bits per heavy atom. The van der Waals surface area contributed by atoms with Crippen LogP contribution in [0.4, 0.5) is 11.4 Å². The molecule has 0 aliphatic rings. The lowest BCUT2D eigenvalue weighted by Gasteiger charge is -2.09. The van der Waals surface area contributed by atoms with Crippen molar-refractivity contribution in [1.29, 1.82) is 0 Å². The second kappa shape index (κ2) is 7.84. The number of nitrogens with one attached hydrogen (secondary N) is 3. The lowest BCUT2D eigenvalue weighted by Crippen LogP contribution is -2.22. The minimum Gasteiger partial charge on any atom is -0.497 e. The van der Waals surface area contributed by atoms with Gasteiger partial charge in [-0.3, -0.25) is 9.59 Å². The van der Waals surface area contributed by atoms with Gasteiger partial charge in [0.15, 0.2) is 0 Å². The van der Waals surface area contributed by atoms with E-state index >= 15 is 0 Å². The van der Waals surface area contributed by atoms with Crippen LogP contribution in [-0.4, -0.2) is 32.5 Å². The van der Waals surface area contributed by atoms with Crippen molar-refractivity contribution in [3.63, 3.8) is 0 Å². The number of methoxy groups -OCH3 is 1. The largest absolute Gasteiger partial charge is 0.497 e. The van der Waals surface area contributed by atoms with Crippen LogP contribution in [0.2, 0.25) is 0 Å². The van der Waals surface area contributed by atoms with Crippen molar-refractivity contribution in [1.82, 2.24) is 5.32 Å². The fourth-order valence-corrected chi connectivity index (χ4v) is 1.95. The van der Waals surface area contributed by atoms with Crippen molar-refractivity contribution in [2.75, 3.05) is 31.3 Å². The molecule has 6 heteroatoms. The molecule has 0 aliphatic heterocycles. The molecule has 120 valence electrons. The van der Waals surface area contributed by atoms with Crippen LogP contribution >= 0.6 is 0 Å². The van der Waals surface area contributed by atoms with Gasteiger partial charge in [-0.2, -0.15) is 0 Å². The summed E-state index contributed by atoms with van der Waals surface area (Å²) >= 11 is 0. The van der Waals surface area contributed by atoms with E-state index in [2.05, 4.69) is 16.0 Å². The van der Waals surface area contributed by atoms with Crippen molar-refractivity contribution >= 4 is 23.2 Å². The molecule has 0 spiro atoms. The Balaban J connectivity index is 1.84. The van der Waals surface area contributed by atoms with Crippen molar-refractivity contribution in [3.05, 3.63) is 54.1 Å². The molecule has 2 aromatic rings. The predicted octanol–water partition coefficient (Wildman–Crippen LogP) is 2.11. The molecular formula is C17H19N3O3. The molecule has 6 nitrogen and oxygen atoms in total. The molecule has 23 heavy (non-hydrogen) atoms. The Bertz CT molecular complexity index is 666. The third kappa shape index (κ3) is 4.74. The van der Waals surface area contributed by atoms with E-state index in [0.29, 0.717) is 11.3 Å². The summed E-state index contributed by atoms with van der Waals surface area (Å²) in [6.45, 7) is 0.130. The minimum atomic E-state index is -0.162.